The fourth-order valence-electron chi connectivity index (χ4n) is 6.00. The van der Waals surface area contributed by atoms with E-state index in [0.717, 1.165) is 41.7 Å². The highest BCUT2D eigenvalue weighted by molar-refractivity contribution is 9.10. The zero-order valence-corrected chi connectivity index (χ0v) is 20.5. The quantitative estimate of drug-likeness (QED) is 0.400. The highest BCUT2D eigenvalue weighted by Gasteiger charge is 2.41. The van der Waals surface area contributed by atoms with Gasteiger partial charge < -0.3 is 18.7 Å². The van der Waals surface area contributed by atoms with Gasteiger partial charge >= 0.3 is 0 Å². The second-order valence-electron chi connectivity index (χ2n) is 9.32. The molecule has 4 heterocycles. The summed E-state index contributed by atoms with van der Waals surface area (Å²) < 4.78 is 14.4. The Morgan fingerprint density at radius 3 is 2.94 bits per heavy atom. The first-order valence-corrected chi connectivity index (χ1v) is 12.1. The molecule has 1 aliphatic carbocycles. The van der Waals surface area contributed by atoms with E-state index in [0.29, 0.717) is 29.6 Å². The number of aryl methyl sites for hydroxylation is 1. The topological polar surface area (TPSA) is 69.2 Å². The van der Waals surface area contributed by atoms with Crippen molar-refractivity contribution in [2.24, 2.45) is 13.0 Å². The second kappa shape index (κ2) is 8.04. The molecule has 1 unspecified atom stereocenters. The van der Waals surface area contributed by atoms with Crippen LogP contribution in [0.1, 0.15) is 23.5 Å². The van der Waals surface area contributed by atoms with Crippen LogP contribution in [-0.2, 0) is 18.2 Å². The molecule has 1 saturated heterocycles. The fraction of sp³-hybridized carbons (Fsp3) is 0.400. The summed E-state index contributed by atoms with van der Waals surface area (Å²) in [5.74, 6) is 2.15. The molecule has 0 radical (unpaired) electrons. The maximum atomic E-state index is 5.82. The number of methoxy groups -OCH3 is 1. The summed E-state index contributed by atoms with van der Waals surface area (Å²) in [5.41, 5.74) is 5.80. The highest BCUT2D eigenvalue weighted by Crippen LogP contribution is 2.47. The molecule has 2 aliphatic rings. The Balaban J connectivity index is 1.48. The Hall–Kier alpha value is -2.55. The van der Waals surface area contributed by atoms with Gasteiger partial charge in [0, 0.05) is 66.0 Å². The third-order valence-electron chi connectivity index (χ3n) is 7.33. The van der Waals surface area contributed by atoms with Gasteiger partial charge in [0.05, 0.1) is 6.61 Å². The average Bonchev–Trinajstić information content (AvgIpc) is 3.39. The molecule has 1 aromatic carbocycles. The number of likely N-dealkylation sites (tertiary alicyclic amines) is 1. The van der Waals surface area contributed by atoms with Gasteiger partial charge in [-0.2, -0.15) is 4.98 Å². The SMILES string of the molecule is COC[C@@H]1CC2c3cccc4c3c(c(-c3nc(-c5cncc(Br)c5)no3)n4C)C[C@H]2N(C)C1. The Morgan fingerprint density at radius 1 is 1.24 bits per heavy atom. The molecule has 3 atom stereocenters. The van der Waals surface area contributed by atoms with Crippen molar-refractivity contribution < 1.29 is 9.26 Å². The Labute approximate surface area is 200 Å². The Bertz CT molecular complexity index is 1350. The zero-order valence-electron chi connectivity index (χ0n) is 19.0. The van der Waals surface area contributed by atoms with E-state index in [1.165, 1.54) is 22.0 Å². The van der Waals surface area contributed by atoms with Crippen molar-refractivity contribution in [1.82, 2.24) is 24.6 Å². The summed E-state index contributed by atoms with van der Waals surface area (Å²) >= 11 is 3.47. The molecule has 0 amide bonds. The number of fused-ring (bicyclic) bond motifs is 2. The molecule has 6 rings (SSSR count). The maximum absolute atomic E-state index is 5.82. The van der Waals surface area contributed by atoms with Gasteiger partial charge in [-0.3, -0.25) is 4.98 Å². The molecular weight excluding hydrogens is 482 g/mol. The van der Waals surface area contributed by atoms with Crippen LogP contribution in [0, 0.1) is 5.92 Å². The number of likely N-dealkylation sites (N-methyl/N-ethyl adjacent to an activating group) is 1. The number of halogens is 1. The molecule has 0 spiro atoms. The maximum Gasteiger partial charge on any atom is 0.275 e. The first kappa shape index (κ1) is 21.0. The van der Waals surface area contributed by atoms with Crippen LogP contribution in [0.2, 0.25) is 0 Å². The number of ether oxygens (including phenoxy) is 1. The third kappa shape index (κ3) is 3.34. The van der Waals surface area contributed by atoms with Crippen LogP contribution in [0.5, 0.6) is 0 Å². The molecule has 4 aromatic rings. The normalized spacial score (nSPS) is 22.6. The van der Waals surface area contributed by atoms with Crippen molar-refractivity contribution >= 4 is 26.8 Å². The van der Waals surface area contributed by atoms with E-state index in [1.54, 1.807) is 19.5 Å². The number of benzene rings is 1. The number of pyridine rings is 1. The lowest BCUT2D eigenvalue weighted by Crippen LogP contribution is -2.48. The smallest absolute Gasteiger partial charge is 0.275 e. The average molecular weight is 508 g/mol. The van der Waals surface area contributed by atoms with E-state index in [-0.39, 0.29) is 0 Å². The van der Waals surface area contributed by atoms with Crippen LogP contribution in [0.4, 0.5) is 0 Å². The molecule has 0 N–H and O–H groups in total. The lowest BCUT2D eigenvalue weighted by molar-refractivity contribution is 0.0587. The second-order valence-corrected chi connectivity index (χ2v) is 10.2. The van der Waals surface area contributed by atoms with Crippen LogP contribution < -0.4 is 0 Å². The van der Waals surface area contributed by atoms with Crippen LogP contribution in [0.15, 0.2) is 45.7 Å². The minimum Gasteiger partial charge on any atom is -0.384 e. The summed E-state index contributed by atoms with van der Waals surface area (Å²) in [4.78, 5) is 11.5. The third-order valence-corrected chi connectivity index (χ3v) is 7.76. The summed E-state index contributed by atoms with van der Waals surface area (Å²) in [5, 5.41) is 5.63. The van der Waals surface area contributed by atoms with Crippen LogP contribution in [-0.4, -0.2) is 57.9 Å². The monoisotopic (exact) mass is 507 g/mol. The number of hydrogen-bond donors (Lipinski definition) is 0. The van der Waals surface area contributed by atoms with Gasteiger partial charge in [-0.15, -0.1) is 0 Å². The van der Waals surface area contributed by atoms with Crippen LogP contribution in [0.25, 0.3) is 33.9 Å². The fourth-order valence-corrected chi connectivity index (χ4v) is 6.36. The van der Waals surface area contributed by atoms with Crippen LogP contribution in [0.3, 0.4) is 0 Å². The van der Waals surface area contributed by atoms with Gasteiger partial charge in [0.25, 0.3) is 5.89 Å². The van der Waals surface area contributed by atoms with Crippen molar-refractivity contribution in [2.45, 2.75) is 24.8 Å². The van der Waals surface area contributed by atoms with E-state index in [9.17, 15) is 0 Å². The van der Waals surface area contributed by atoms with Gasteiger partial charge in [-0.05, 0) is 65.0 Å². The molecule has 8 heteroatoms. The van der Waals surface area contributed by atoms with E-state index < -0.39 is 0 Å². The molecule has 0 saturated carbocycles. The van der Waals surface area contributed by atoms with Gasteiger partial charge in [-0.25, -0.2) is 0 Å². The van der Waals surface area contributed by atoms with Gasteiger partial charge in [0.15, 0.2) is 0 Å². The standard InChI is InChI=1S/C25H26BrN5O2/c1-30-12-14(13-32-3)7-18-17-5-4-6-20-22(17)19(9-21(18)30)23(31(20)2)25-28-24(29-33-25)15-8-16(26)11-27-10-15/h4-6,8,10-11,14,18,21H,7,9,12-13H2,1-3H3/t14-,18?,21-/m1/s1. The number of hydrogen-bond acceptors (Lipinski definition) is 6. The van der Waals surface area contributed by atoms with E-state index >= 15 is 0 Å². The first-order chi connectivity index (χ1) is 16.0. The summed E-state index contributed by atoms with van der Waals surface area (Å²) in [6.07, 6.45) is 5.63. The molecule has 1 aliphatic heterocycles. The molecular formula is C25H26BrN5O2. The number of aromatic nitrogens is 4. The van der Waals surface area contributed by atoms with Crippen LogP contribution >= 0.6 is 15.9 Å². The van der Waals surface area contributed by atoms with Crippen molar-refractivity contribution in [2.75, 3.05) is 27.3 Å². The Kier molecular flexibility index (Phi) is 5.12. The van der Waals surface area contributed by atoms with Gasteiger partial charge in [0.2, 0.25) is 5.82 Å². The predicted molar refractivity (Wildman–Crippen MR) is 130 cm³/mol. The number of nitrogens with zero attached hydrogens (tertiary/aromatic N) is 5. The highest BCUT2D eigenvalue weighted by atomic mass is 79.9. The summed E-state index contributed by atoms with van der Waals surface area (Å²) in [6.45, 7) is 1.87. The van der Waals surface area contributed by atoms with Gasteiger partial charge in [0.1, 0.15) is 5.69 Å². The Morgan fingerprint density at radius 2 is 2.12 bits per heavy atom. The largest absolute Gasteiger partial charge is 0.384 e. The molecule has 0 bridgehead atoms. The molecule has 170 valence electrons. The zero-order chi connectivity index (χ0) is 22.7. The van der Waals surface area contributed by atoms with Gasteiger partial charge in [-0.1, -0.05) is 17.3 Å². The number of piperidine rings is 1. The molecule has 7 nitrogen and oxygen atoms in total. The molecule has 1 fully saturated rings. The van der Waals surface area contributed by atoms with E-state index in [4.69, 9.17) is 14.2 Å². The van der Waals surface area contributed by atoms with Crippen molar-refractivity contribution in [3.63, 3.8) is 0 Å². The van der Waals surface area contributed by atoms with Crippen molar-refractivity contribution in [1.29, 1.82) is 0 Å². The lowest BCUT2D eigenvalue weighted by Gasteiger charge is -2.45. The van der Waals surface area contributed by atoms with Crippen molar-refractivity contribution in [3.8, 4) is 23.0 Å². The minimum atomic E-state index is 0.453. The van der Waals surface area contributed by atoms with E-state index in [2.05, 4.69) is 67.8 Å². The molecule has 33 heavy (non-hydrogen) atoms. The predicted octanol–water partition coefficient (Wildman–Crippen LogP) is 4.66. The summed E-state index contributed by atoms with van der Waals surface area (Å²) in [7, 11) is 6.15. The summed E-state index contributed by atoms with van der Waals surface area (Å²) in [6, 6.07) is 9.08. The minimum absolute atomic E-state index is 0.453. The lowest BCUT2D eigenvalue weighted by atomic mass is 9.72. The first-order valence-electron chi connectivity index (χ1n) is 11.3. The number of rotatable bonds is 4. The van der Waals surface area contributed by atoms with Crippen molar-refractivity contribution in [3.05, 3.63) is 52.3 Å². The van der Waals surface area contributed by atoms with E-state index in [1.807, 2.05) is 6.07 Å². The molecule has 3 aromatic heterocycles.